The molecule has 0 bridgehead atoms. The van der Waals surface area contributed by atoms with Gasteiger partial charge in [0.25, 0.3) is 0 Å². The zero-order valence-electron chi connectivity index (χ0n) is 14.2. The number of ether oxygens (including phenoxy) is 3. The molecule has 0 aliphatic carbocycles. The lowest BCUT2D eigenvalue weighted by Gasteiger charge is -2.18. The highest BCUT2D eigenvalue weighted by molar-refractivity contribution is 6.32. The first-order valence-electron chi connectivity index (χ1n) is 7.31. The number of amides is 1. The molecule has 0 radical (unpaired) electrons. The van der Waals surface area contributed by atoms with E-state index in [0.717, 1.165) is 0 Å². The molecule has 1 aromatic rings. The lowest BCUT2D eigenvalue weighted by Crippen LogP contribution is -2.29. The van der Waals surface area contributed by atoms with Crippen molar-refractivity contribution in [2.75, 3.05) is 13.2 Å². The van der Waals surface area contributed by atoms with Crippen molar-refractivity contribution in [3.63, 3.8) is 0 Å². The summed E-state index contributed by atoms with van der Waals surface area (Å²) < 4.78 is 16.0. The lowest BCUT2D eigenvalue weighted by atomic mass is 10.2. The van der Waals surface area contributed by atoms with E-state index in [9.17, 15) is 4.79 Å². The molecule has 130 valence electrons. The van der Waals surface area contributed by atoms with Gasteiger partial charge >= 0.3 is 6.09 Å². The Morgan fingerprint density at radius 3 is 2.71 bits per heavy atom. The minimum atomic E-state index is -0.649. The van der Waals surface area contributed by atoms with E-state index >= 15 is 0 Å². The molecule has 0 unspecified atom stereocenters. The summed E-state index contributed by atoms with van der Waals surface area (Å²) in [6.45, 7) is 7.63. The molecule has 0 spiro atoms. The summed E-state index contributed by atoms with van der Waals surface area (Å²) in [6, 6.07) is 3.30. The van der Waals surface area contributed by atoms with Crippen LogP contribution in [0.5, 0.6) is 11.5 Å². The predicted molar refractivity (Wildman–Crippen MR) is 93.9 cm³/mol. The van der Waals surface area contributed by atoms with Crippen molar-refractivity contribution in [3.05, 3.63) is 22.7 Å². The number of benzene rings is 1. The van der Waals surface area contributed by atoms with E-state index in [-0.39, 0.29) is 6.61 Å². The number of nitrogens with one attached hydrogen (secondary N) is 1. The topological polar surface area (TPSA) is 69.2 Å². The Labute approximate surface area is 147 Å². The van der Waals surface area contributed by atoms with Gasteiger partial charge < -0.3 is 14.2 Å². The summed E-state index contributed by atoms with van der Waals surface area (Å²) in [5.74, 6) is 3.18. The number of hydrogen-bond donors (Lipinski definition) is 1. The average molecular weight is 353 g/mol. The van der Waals surface area contributed by atoms with Crippen LogP contribution < -0.4 is 14.9 Å². The number of nitrogens with zero attached hydrogens (tertiary/aromatic N) is 1. The van der Waals surface area contributed by atoms with E-state index in [0.29, 0.717) is 28.7 Å². The number of carbonyl (C=O) groups is 1. The highest BCUT2D eigenvalue weighted by Gasteiger charge is 2.15. The highest BCUT2D eigenvalue weighted by atomic mass is 35.5. The fourth-order valence-corrected chi connectivity index (χ4v) is 1.91. The van der Waals surface area contributed by atoms with Crippen LogP contribution >= 0.6 is 11.6 Å². The molecule has 0 aliphatic heterocycles. The third kappa shape index (κ3) is 6.80. The van der Waals surface area contributed by atoms with Crippen LogP contribution in [0.25, 0.3) is 0 Å². The van der Waals surface area contributed by atoms with Gasteiger partial charge in [-0.25, -0.2) is 10.2 Å². The van der Waals surface area contributed by atoms with Crippen molar-refractivity contribution < 1.29 is 19.0 Å². The Morgan fingerprint density at radius 2 is 2.12 bits per heavy atom. The number of hydrazone groups is 1. The average Bonchev–Trinajstić information content (AvgIpc) is 2.45. The fourth-order valence-electron chi connectivity index (χ4n) is 1.64. The molecule has 24 heavy (non-hydrogen) atoms. The highest BCUT2D eigenvalue weighted by Crippen LogP contribution is 2.36. The van der Waals surface area contributed by atoms with Gasteiger partial charge in [0.15, 0.2) is 11.5 Å². The monoisotopic (exact) mass is 352 g/mol. The summed E-state index contributed by atoms with van der Waals surface area (Å²) >= 11 is 6.19. The summed E-state index contributed by atoms with van der Waals surface area (Å²) in [5.41, 5.74) is 2.30. The normalized spacial score (nSPS) is 11.0. The summed E-state index contributed by atoms with van der Waals surface area (Å²) in [6.07, 6.45) is 5.96. The Hall–Kier alpha value is -2.39. The zero-order valence-corrected chi connectivity index (χ0v) is 14.9. The van der Waals surface area contributed by atoms with Crippen molar-refractivity contribution in [1.82, 2.24) is 5.43 Å². The number of terminal acetylenes is 1. The Kier molecular flexibility index (Phi) is 7.40. The Bertz CT molecular complexity index is 645. The maximum atomic E-state index is 11.5. The number of carbonyl (C=O) groups excluding carboxylic acids is 1. The van der Waals surface area contributed by atoms with Crippen LogP contribution in [-0.4, -0.2) is 31.1 Å². The molecule has 0 saturated carbocycles. The van der Waals surface area contributed by atoms with E-state index in [4.69, 9.17) is 32.2 Å². The minimum Gasteiger partial charge on any atom is -0.490 e. The van der Waals surface area contributed by atoms with E-state index in [1.165, 1.54) is 6.21 Å². The molecule has 0 fully saturated rings. The second-order valence-corrected chi connectivity index (χ2v) is 6.03. The first kappa shape index (κ1) is 19.7. The smallest absolute Gasteiger partial charge is 0.428 e. The van der Waals surface area contributed by atoms with Crippen molar-refractivity contribution in [2.24, 2.45) is 5.10 Å². The zero-order chi connectivity index (χ0) is 18.2. The molecule has 1 rings (SSSR count). The van der Waals surface area contributed by atoms with Gasteiger partial charge in [0.05, 0.1) is 17.8 Å². The molecule has 0 atom stereocenters. The van der Waals surface area contributed by atoms with Crippen LogP contribution in [0.2, 0.25) is 5.02 Å². The molecular weight excluding hydrogens is 332 g/mol. The van der Waals surface area contributed by atoms with Crippen molar-refractivity contribution in [3.8, 4) is 23.8 Å². The Balaban J connectivity index is 2.87. The summed E-state index contributed by atoms with van der Waals surface area (Å²) in [7, 11) is 0. The van der Waals surface area contributed by atoms with Gasteiger partial charge in [-0.2, -0.15) is 5.10 Å². The molecule has 1 aromatic carbocycles. The molecule has 0 saturated heterocycles. The second-order valence-electron chi connectivity index (χ2n) is 5.63. The van der Waals surface area contributed by atoms with E-state index in [1.54, 1.807) is 32.9 Å². The van der Waals surface area contributed by atoms with Gasteiger partial charge in [-0.3, -0.25) is 0 Å². The van der Waals surface area contributed by atoms with Crippen LogP contribution in [0.1, 0.15) is 33.3 Å². The van der Waals surface area contributed by atoms with Crippen LogP contribution in [0.3, 0.4) is 0 Å². The van der Waals surface area contributed by atoms with Gasteiger partial charge in [0.1, 0.15) is 12.2 Å². The van der Waals surface area contributed by atoms with Crippen LogP contribution in [0, 0.1) is 12.3 Å². The molecule has 0 aromatic heterocycles. The van der Waals surface area contributed by atoms with Gasteiger partial charge in [-0.15, -0.1) is 6.42 Å². The molecule has 1 N–H and O–H groups in total. The minimum absolute atomic E-state index is 0.0768. The maximum absolute atomic E-state index is 11.5. The number of halogens is 1. The van der Waals surface area contributed by atoms with E-state index in [1.807, 2.05) is 6.92 Å². The number of rotatable bonds is 6. The van der Waals surface area contributed by atoms with E-state index in [2.05, 4.69) is 16.4 Å². The molecular formula is C17H21ClN2O4. The maximum Gasteiger partial charge on any atom is 0.428 e. The van der Waals surface area contributed by atoms with Crippen molar-refractivity contribution in [1.29, 1.82) is 0 Å². The molecule has 7 heteroatoms. The van der Waals surface area contributed by atoms with Crippen LogP contribution in [0.15, 0.2) is 17.2 Å². The SMILES string of the molecule is C#CCOc1c(Cl)cc(/C=N\NC(=O)OC(C)(C)C)cc1OCC. The summed E-state index contributed by atoms with van der Waals surface area (Å²) in [4.78, 5) is 11.5. The predicted octanol–water partition coefficient (Wildman–Crippen LogP) is 3.61. The molecule has 0 aliphatic rings. The molecule has 6 nitrogen and oxygen atoms in total. The van der Waals surface area contributed by atoms with Gasteiger partial charge in [-0.1, -0.05) is 17.5 Å². The van der Waals surface area contributed by atoms with Gasteiger partial charge in [0.2, 0.25) is 0 Å². The van der Waals surface area contributed by atoms with Crippen molar-refractivity contribution in [2.45, 2.75) is 33.3 Å². The van der Waals surface area contributed by atoms with E-state index < -0.39 is 11.7 Å². The third-order valence-electron chi connectivity index (χ3n) is 2.40. The van der Waals surface area contributed by atoms with Crippen LogP contribution in [-0.2, 0) is 4.74 Å². The Morgan fingerprint density at radius 1 is 1.42 bits per heavy atom. The van der Waals surface area contributed by atoms with Crippen LogP contribution in [0.4, 0.5) is 4.79 Å². The first-order valence-corrected chi connectivity index (χ1v) is 7.69. The third-order valence-corrected chi connectivity index (χ3v) is 2.68. The summed E-state index contributed by atoms with van der Waals surface area (Å²) in [5, 5.41) is 4.15. The van der Waals surface area contributed by atoms with Gasteiger partial charge in [0, 0.05) is 0 Å². The molecule has 0 heterocycles. The standard InChI is InChI=1S/C17H21ClN2O4/c1-6-8-23-15-13(18)9-12(10-14(15)22-7-2)11-19-20-16(21)24-17(3,4)5/h1,9-11H,7-8H2,2-5H3,(H,20,21)/b19-11-. The second kappa shape index (κ2) is 9.04. The fraction of sp³-hybridized carbons (Fsp3) is 0.412. The molecule has 1 amide bonds. The lowest BCUT2D eigenvalue weighted by molar-refractivity contribution is 0.0529. The van der Waals surface area contributed by atoms with Crippen molar-refractivity contribution >= 4 is 23.9 Å². The van der Waals surface area contributed by atoms with Gasteiger partial charge in [-0.05, 0) is 45.4 Å². The quantitative estimate of drug-likeness (QED) is 0.482. The first-order chi connectivity index (χ1) is 11.3. The largest absolute Gasteiger partial charge is 0.490 e. The number of hydrogen-bond acceptors (Lipinski definition) is 5.